The Morgan fingerprint density at radius 2 is 1.94 bits per heavy atom. The van der Waals surface area contributed by atoms with Crippen molar-refractivity contribution in [3.8, 4) is 5.75 Å². The molecular weight excluding hydrogens is 423 g/mol. The molecule has 2 aromatic heterocycles. The fourth-order valence-corrected chi connectivity index (χ4v) is 4.32. The third-order valence-electron chi connectivity index (χ3n) is 6.28. The third-order valence-corrected chi connectivity index (χ3v) is 6.28. The first kappa shape index (κ1) is 22.8. The molecule has 3 aromatic rings. The Bertz CT molecular complexity index is 1120. The molecule has 4 rings (SSSR count). The number of rotatable bonds is 8. The predicted molar refractivity (Wildman–Crippen MR) is 123 cm³/mol. The Labute approximate surface area is 192 Å². The van der Waals surface area contributed by atoms with Gasteiger partial charge in [0.1, 0.15) is 5.65 Å². The predicted octanol–water partition coefficient (Wildman–Crippen LogP) is 3.93. The number of benzene rings is 1. The number of methoxy groups -OCH3 is 1. The van der Waals surface area contributed by atoms with Gasteiger partial charge in [-0.25, -0.2) is 9.37 Å². The van der Waals surface area contributed by atoms with Gasteiger partial charge in [0.05, 0.1) is 12.7 Å². The lowest BCUT2D eigenvalue weighted by Crippen LogP contribution is -2.38. The lowest BCUT2D eigenvalue weighted by molar-refractivity contribution is 0.0685. The summed E-state index contributed by atoms with van der Waals surface area (Å²) in [7, 11) is 1.40. The van der Waals surface area contributed by atoms with E-state index in [1.165, 1.54) is 19.2 Å². The number of ether oxygens (including phenoxy) is 1. The molecule has 1 aliphatic rings. The molecule has 0 saturated carbocycles. The van der Waals surface area contributed by atoms with Crippen molar-refractivity contribution in [3.63, 3.8) is 0 Å². The number of hydrogen-bond acceptors (Lipinski definition) is 4. The van der Waals surface area contributed by atoms with Gasteiger partial charge in [-0.05, 0) is 55.5 Å². The van der Waals surface area contributed by atoms with Gasteiger partial charge >= 0.3 is 0 Å². The summed E-state index contributed by atoms with van der Waals surface area (Å²) < 4.78 is 20.7. The second kappa shape index (κ2) is 10.5. The molecule has 1 saturated heterocycles. The SMILES string of the molecule is COc1ccc(C(=O)N2CCC(CCCCNC(=O)c3ccc4nccn4c3)CC2)cc1F. The molecule has 8 heteroatoms. The average molecular weight is 453 g/mol. The largest absolute Gasteiger partial charge is 0.494 e. The molecule has 2 amide bonds. The molecule has 3 heterocycles. The van der Waals surface area contributed by atoms with Crippen LogP contribution < -0.4 is 10.1 Å². The standard InChI is InChI=1S/C25H29FN4O3/c1-33-22-7-5-19(16-21(22)26)25(32)29-13-9-18(10-14-29)4-2-3-11-28-24(31)20-6-8-23-27-12-15-30(23)17-20/h5-8,12,15-18H,2-4,9-11,13-14H2,1H3,(H,28,31). The number of imidazole rings is 1. The quantitative estimate of drug-likeness (QED) is 0.526. The number of nitrogens with zero attached hydrogens (tertiary/aromatic N) is 3. The molecule has 0 spiro atoms. The topological polar surface area (TPSA) is 75.9 Å². The van der Waals surface area contributed by atoms with Crippen molar-refractivity contribution >= 4 is 17.5 Å². The lowest BCUT2D eigenvalue weighted by Gasteiger charge is -2.32. The summed E-state index contributed by atoms with van der Waals surface area (Å²) >= 11 is 0. The molecule has 0 radical (unpaired) electrons. The second-order valence-electron chi connectivity index (χ2n) is 8.45. The molecule has 0 atom stereocenters. The normalized spacial score (nSPS) is 14.4. The summed E-state index contributed by atoms with van der Waals surface area (Å²) in [4.78, 5) is 31.0. The highest BCUT2D eigenvalue weighted by Gasteiger charge is 2.24. The maximum absolute atomic E-state index is 13.9. The van der Waals surface area contributed by atoms with Crippen LogP contribution >= 0.6 is 0 Å². The van der Waals surface area contributed by atoms with Gasteiger partial charge < -0.3 is 19.4 Å². The van der Waals surface area contributed by atoms with Crippen molar-refractivity contribution in [1.29, 1.82) is 0 Å². The minimum atomic E-state index is -0.521. The molecule has 0 unspecified atom stereocenters. The number of nitrogens with one attached hydrogen (secondary N) is 1. The Kier molecular flexibility index (Phi) is 7.22. The molecule has 1 N–H and O–H groups in total. The van der Waals surface area contributed by atoms with E-state index < -0.39 is 5.82 Å². The summed E-state index contributed by atoms with van der Waals surface area (Å²) in [5, 5.41) is 2.98. The lowest BCUT2D eigenvalue weighted by atomic mass is 9.91. The minimum absolute atomic E-state index is 0.0765. The molecule has 1 aliphatic heterocycles. The zero-order valence-electron chi connectivity index (χ0n) is 18.8. The van der Waals surface area contributed by atoms with Crippen molar-refractivity contribution < 1.29 is 18.7 Å². The van der Waals surface area contributed by atoms with Crippen LogP contribution in [0.4, 0.5) is 4.39 Å². The highest BCUT2D eigenvalue weighted by atomic mass is 19.1. The van der Waals surface area contributed by atoms with Crippen LogP contribution in [0, 0.1) is 11.7 Å². The van der Waals surface area contributed by atoms with Gasteiger partial charge in [0.2, 0.25) is 0 Å². The van der Waals surface area contributed by atoms with Crippen LogP contribution in [0.1, 0.15) is 52.8 Å². The first-order valence-corrected chi connectivity index (χ1v) is 11.4. The third kappa shape index (κ3) is 5.50. The molecule has 33 heavy (non-hydrogen) atoms. The fourth-order valence-electron chi connectivity index (χ4n) is 4.32. The van der Waals surface area contributed by atoms with Gasteiger partial charge in [-0.1, -0.05) is 12.8 Å². The van der Waals surface area contributed by atoms with Crippen LogP contribution in [0.3, 0.4) is 0 Å². The smallest absolute Gasteiger partial charge is 0.253 e. The number of aromatic nitrogens is 2. The number of carbonyl (C=O) groups is 2. The molecule has 0 aliphatic carbocycles. The Hall–Kier alpha value is -3.42. The monoisotopic (exact) mass is 452 g/mol. The number of pyridine rings is 1. The number of halogens is 1. The summed E-state index contributed by atoms with van der Waals surface area (Å²) in [5.74, 6) is -0.0201. The molecule has 1 aromatic carbocycles. The maximum Gasteiger partial charge on any atom is 0.253 e. The van der Waals surface area contributed by atoms with Crippen molar-refractivity contribution in [3.05, 3.63) is 65.9 Å². The summed E-state index contributed by atoms with van der Waals surface area (Å²) in [5.41, 5.74) is 1.79. The van der Waals surface area contributed by atoms with Crippen LogP contribution in [0.15, 0.2) is 48.9 Å². The summed E-state index contributed by atoms with van der Waals surface area (Å²) in [6, 6.07) is 7.96. The second-order valence-corrected chi connectivity index (χ2v) is 8.45. The maximum atomic E-state index is 13.9. The zero-order valence-corrected chi connectivity index (χ0v) is 18.8. The van der Waals surface area contributed by atoms with Gasteiger partial charge in [-0.3, -0.25) is 9.59 Å². The Morgan fingerprint density at radius 3 is 2.70 bits per heavy atom. The van der Waals surface area contributed by atoms with E-state index in [1.54, 1.807) is 29.4 Å². The summed E-state index contributed by atoms with van der Waals surface area (Å²) in [6.45, 7) is 2.01. The van der Waals surface area contributed by atoms with E-state index in [-0.39, 0.29) is 17.6 Å². The number of hydrogen-bond donors (Lipinski definition) is 1. The average Bonchev–Trinajstić information content (AvgIpc) is 3.31. The Balaban J connectivity index is 1.14. The van der Waals surface area contributed by atoms with Crippen molar-refractivity contribution in [1.82, 2.24) is 19.6 Å². The van der Waals surface area contributed by atoms with Crippen molar-refractivity contribution in [2.45, 2.75) is 32.1 Å². The number of unbranched alkanes of at least 4 members (excludes halogenated alkanes) is 1. The molecule has 1 fully saturated rings. The first-order chi connectivity index (χ1) is 16.0. The van der Waals surface area contributed by atoms with Gasteiger partial charge in [0.25, 0.3) is 11.8 Å². The van der Waals surface area contributed by atoms with E-state index in [2.05, 4.69) is 10.3 Å². The molecule has 174 valence electrons. The molecule has 0 bridgehead atoms. The van der Waals surface area contributed by atoms with Crippen LogP contribution in [0.25, 0.3) is 5.65 Å². The van der Waals surface area contributed by atoms with Gasteiger partial charge in [0, 0.05) is 43.8 Å². The van der Waals surface area contributed by atoms with E-state index in [1.807, 2.05) is 16.7 Å². The number of fused-ring (bicyclic) bond motifs is 1. The van der Waals surface area contributed by atoms with E-state index in [4.69, 9.17) is 4.74 Å². The van der Waals surface area contributed by atoms with Crippen molar-refractivity contribution in [2.75, 3.05) is 26.7 Å². The van der Waals surface area contributed by atoms with Gasteiger partial charge in [-0.15, -0.1) is 0 Å². The van der Waals surface area contributed by atoms with E-state index in [9.17, 15) is 14.0 Å². The molecule has 7 nitrogen and oxygen atoms in total. The number of amides is 2. The van der Waals surface area contributed by atoms with E-state index in [0.29, 0.717) is 36.7 Å². The summed E-state index contributed by atoms with van der Waals surface area (Å²) in [6.07, 6.45) is 10.2. The van der Waals surface area contributed by atoms with Crippen LogP contribution in [0.5, 0.6) is 5.75 Å². The van der Waals surface area contributed by atoms with Crippen LogP contribution in [0.2, 0.25) is 0 Å². The fraction of sp³-hybridized carbons (Fsp3) is 0.400. The number of likely N-dealkylation sites (tertiary alicyclic amines) is 1. The van der Waals surface area contributed by atoms with E-state index in [0.717, 1.165) is 37.8 Å². The zero-order chi connectivity index (χ0) is 23.2. The van der Waals surface area contributed by atoms with Gasteiger partial charge in [0.15, 0.2) is 11.6 Å². The van der Waals surface area contributed by atoms with Crippen LogP contribution in [-0.4, -0.2) is 52.8 Å². The number of carbonyl (C=O) groups excluding carboxylic acids is 2. The first-order valence-electron chi connectivity index (χ1n) is 11.4. The van der Waals surface area contributed by atoms with Crippen molar-refractivity contribution in [2.24, 2.45) is 5.92 Å². The number of piperidine rings is 1. The minimum Gasteiger partial charge on any atom is -0.494 e. The van der Waals surface area contributed by atoms with Gasteiger partial charge in [-0.2, -0.15) is 0 Å². The highest BCUT2D eigenvalue weighted by Crippen LogP contribution is 2.25. The molecular formula is C25H29FN4O3. The van der Waals surface area contributed by atoms with Crippen LogP contribution in [-0.2, 0) is 0 Å². The highest BCUT2D eigenvalue weighted by molar-refractivity contribution is 5.94. The Morgan fingerprint density at radius 1 is 1.15 bits per heavy atom. The van der Waals surface area contributed by atoms with E-state index >= 15 is 0 Å².